The lowest BCUT2D eigenvalue weighted by Gasteiger charge is -2.25. The minimum Gasteiger partial charge on any atom is -0.480 e. The molecular formula is C39H27N7O3. The van der Waals surface area contributed by atoms with Gasteiger partial charge in [0.15, 0.2) is 0 Å². The topological polar surface area (TPSA) is 108 Å². The Hall–Kier alpha value is -7.22. The molecule has 0 amide bonds. The molecule has 0 atom stereocenters. The molecule has 0 bridgehead atoms. The minimum atomic E-state index is 0.438. The lowest BCUT2D eigenvalue weighted by molar-refractivity contribution is 0.391. The number of anilines is 3. The maximum absolute atomic E-state index is 5.07. The van der Waals surface area contributed by atoms with Crippen LogP contribution in [0.25, 0.3) is 0 Å². The molecule has 6 aromatic rings. The van der Waals surface area contributed by atoms with Crippen molar-refractivity contribution in [1.29, 1.82) is 0 Å². The monoisotopic (exact) mass is 641 g/mol. The molecule has 49 heavy (non-hydrogen) atoms. The lowest BCUT2D eigenvalue weighted by Crippen LogP contribution is -2.10. The fourth-order valence-corrected chi connectivity index (χ4v) is 4.42. The van der Waals surface area contributed by atoms with E-state index in [1.165, 1.54) is 0 Å². The van der Waals surface area contributed by atoms with Gasteiger partial charge in [-0.1, -0.05) is 17.8 Å². The highest BCUT2D eigenvalue weighted by Gasteiger charge is 2.12. The van der Waals surface area contributed by atoms with Crippen molar-refractivity contribution < 1.29 is 14.2 Å². The summed E-state index contributed by atoms with van der Waals surface area (Å²) in [5.41, 5.74) is 6.98. The molecule has 0 radical (unpaired) electrons. The Morgan fingerprint density at radius 2 is 0.633 bits per heavy atom. The Balaban J connectivity index is 1.27. The van der Waals surface area contributed by atoms with Crippen LogP contribution in [-0.2, 0) is 0 Å². The van der Waals surface area contributed by atoms with E-state index in [9.17, 15) is 0 Å². The highest BCUT2D eigenvalue weighted by Crippen LogP contribution is 2.34. The first kappa shape index (κ1) is 31.7. The quantitative estimate of drug-likeness (QED) is 0.209. The molecule has 6 rings (SSSR count). The van der Waals surface area contributed by atoms with Gasteiger partial charge < -0.3 is 19.1 Å². The first-order valence-corrected chi connectivity index (χ1v) is 14.9. The number of nitrogens with zero attached hydrogens (tertiary/aromatic N) is 7. The zero-order valence-electron chi connectivity index (χ0n) is 26.7. The summed E-state index contributed by atoms with van der Waals surface area (Å²) in [5.74, 6) is 19.9. The third-order valence-corrected chi connectivity index (χ3v) is 6.93. The van der Waals surface area contributed by atoms with Crippen molar-refractivity contribution in [3.05, 3.63) is 143 Å². The number of benzene rings is 3. The number of hydrogen-bond donors (Lipinski definition) is 0. The fraction of sp³-hybridized carbons (Fsp3) is 0.0769. The van der Waals surface area contributed by atoms with E-state index in [-0.39, 0.29) is 0 Å². The fourth-order valence-electron chi connectivity index (χ4n) is 4.42. The van der Waals surface area contributed by atoms with E-state index in [4.69, 9.17) is 14.2 Å². The molecule has 0 unspecified atom stereocenters. The number of ether oxygens (including phenoxy) is 3. The van der Waals surface area contributed by atoms with Crippen LogP contribution in [0.2, 0.25) is 0 Å². The molecule has 3 aromatic carbocycles. The summed E-state index contributed by atoms with van der Waals surface area (Å²) in [6.45, 7) is 0. The van der Waals surface area contributed by atoms with Crippen molar-refractivity contribution in [1.82, 2.24) is 30.6 Å². The van der Waals surface area contributed by atoms with Gasteiger partial charge in [-0.05, 0) is 109 Å². The third kappa shape index (κ3) is 8.33. The Kier molecular flexibility index (Phi) is 9.96. The smallest absolute Gasteiger partial charge is 0.233 e. The average Bonchev–Trinajstić information content (AvgIpc) is 3.17. The molecule has 3 heterocycles. The summed E-state index contributed by atoms with van der Waals surface area (Å²) < 4.78 is 15.2. The Bertz CT molecular complexity index is 1950. The van der Waals surface area contributed by atoms with Crippen molar-refractivity contribution in [3.63, 3.8) is 0 Å². The van der Waals surface area contributed by atoms with E-state index >= 15 is 0 Å². The summed E-state index contributed by atoms with van der Waals surface area (Å²) in [4.78, 5) is 2.14. The van der Waals surface area contributed by atoms with Gasteiger partial charge in [0.05, 0.1) is 21.3 Å². The molecule has 0 saturated heterocycles. The van der Waals surface area contributed by atoms with Crippen LogP contribution in [-0.4, -0.2) is 51.9 Å². The second-order valence-corrected chi connectivity index (χ2v) is 10.1. The van der Waals surface area contributed by atoms with Crippen LogP contribution < -0.4 is 19.1 Å². The van der Waals surface area contributed by atoms with Crippen molar-refractivity contribution >= 4 is 17.1 Å². The summed E-state index contributed by atoms with van der Waals surface area (Å²) in [6.07, 6.45) is 0. The van der Waals surface area contributed by atoms with Crippen molar-refractivity contribution in [2.45, 2.75) is 0 Å². The number of hydrogen-bond acceptors (Lipinski definition) is 10. The SMILES string of the molecule is COc1ccc(C#Cc2ccc(N(c3ccc(C#Cc4ccc(OC)nn4)cc3)c3ccc(C#Cc4ccc(OC)nn4)cc3)cc2)nn1. The molecule has 0 fully saturated rings. The zero-order chi connectivity index (χ0) is 33.8. The molecule has 236 valence electrons. The van der Waals surface area contributed by atoms with Crippen molar-refractivity contribution in [2.75, 3.05) is 26.2 Å². The van der Waals surface area contributed by atoms with E-state index in [0.29, 0.717) is 34.7 Å². The standard InChI is InChI=1S/C39H27N7O3/c1-47-37-25-16-31(40-43-37)13-4-28-7-19-34(20-8-28)46(35-21-9-29(10-22-35)5-14-32-17-26-38(48-2)44-41-32)36-23-11-30(12-24-36)6-15-33-18-27-39(49-3)45-42-33/h7-12,16-27H,1-3H3. The molecule has 0 aliphatic rings. The minimum absolute atomic E-state index is 0.438. The Labute approximate surface area is 283 Å². The molecule has 0 aliphatic heterocycles. The maximum atomic E-state index is 5.07. The Morgan fingerprint density at radius 3 is 0.857 bits per heavy atom. The van der Waals surface area contributed by atoms with Gasteiger partial charge in [0.25, 0.3) is 0 Å². The van der Waals surface area contributed by atoms with Gasteiger partial charge in [0.2, 0.25) is 17.6 Å². The molecular weight excluding hydrogens is 614 g/mol. The summed E-state index contributed by atoms with van der Waals surface area (Å²) >= 11 is 0. The number of rotatable bonds is 6. The van der Waals surface area contributed by atoms with Crippen LogP contribution in [0.4, 0.5) is 17.1 Å². The predicted molar refractivity (Wildman–Crippen MR) is 185 cm³/mol. The van der Waals surface area contributed by atoms with Crippen LogP contribution in [0, 0.1) is 35.5 Å². The normalized spacial score (nSPS) is 9.86. The number of aromatic nitrogens is 6. The second kappa shape index (κ2) is 15.4. The van der Waals surface area contributed by atoms with Gasteiger partial charge in [0.1, 0.15) is 17.1 Å². The zero-order valence-corrected chi connectivity index (χ0v) is 26.7. The van der Waals surface area contributed by atoms with E-state index in [2.05, 4.69) is 71.0 Å². The van der Waals surface area contributed by atoms with Gasteiger partial charge in [-0.2, -0.15) is 0 Å². The van der Waals surface area contributed by atoms with Gasteiger partial charge in [-0.25, -0.2) is 0 Å². The van der Waals surface area contributed by atoms with Gasteiger partial charge >= 0.3 is 0 Å². The molecule has 0 N–H and O–H groups in total. The maximum Gasteiger partial charge on any atom is 0.233 e. The highest BCUT2D eigenvalue weighted by atomic mass is 16.5. The molecule has 0 spiro atoms. The predicted octanol–water partition coefficient (Wildman–Crippen LogP) is 5.75. The van der Waals surface area contributed by atoms with E-state index in [1.54, 1.807) is 57.7 Å². The molecule has 0 aliphatic carbocycles. The molecule has 10 nitrogen and oxygen atoms in total. The molecule has 0 saturated carbocycles. The van der Waals surface area contributed by atoms with Gasteiger partial charge in [-0.3, -0.25) is 0 Å². The van der Waals surface area contributed by atoms with Crippen molar-refractivity contribution in [3.8, 4) is 53.2 Å². The van der Waals surface area contributed by atoms with Crippen LogP contribution in [0.15, 0.2) is 109 Å². The first-order valence-electron chi connectivity index (χ1n) is 14.9. The van der Waals surface area contributed by atoms with E-state index in [0.717, 1.165) is 33.8 Å². The van der Waals surface area contributed by atoms with Gasteiger partial charge in [0, 0.05) is 52.0 Å². The summed E-state index contributed by atoms with van der Waals surface area (Å²) in [6, 6.07) is 34.5. The van der Waals surface area contributed by atoms with Crippen LogP contribution in [0.3, 0.4) is 0 Å². The lowest BCUT2D eigenvalue weighted by atomic mass is 10.1. The summed E-state index contributed by atoms with van der Waals surface area (Å²) in [5, 5.41) is 24.2. The Morgan fingerprint density at radius 1 is 0.347 bits per heavy atom. The largest absolute Gasteiger partial charge is 0.480 e. The number of methoxy groups -OCH3 is 3. The van der Waals surface area contributed by atoms with Crippen molar-refractivity contribution in [2.24, 2.45) is 0 Å². The van der Waals surface area contributed by atoms with Gasteiger partial charge in [-0.15, -0.1) is 30.6 Å². The highest BCUT2D eigenvalue weighted by molar-refractivity contribution is 5.77. The van der Waals surface area contributed by atoms with Crippen LogP contribution in [0.1, 0.15) is 33.8 Å². The van der Waals surface area contributed by atoms with E-state index < -0.39 is 0 Å². The van der Waals surface area contributed by atoms with Crippen LogP contribution >= 0.6 is 0 Å². The third-order valence-electron chi connectivity index (χ3n) is 6.93. The second-order valence-electron chi connectivity index (χ2n) is 10.1. The molecule has 3 aromatic heterocycles. The van der Waals surface area contributed by atoms with E-state index in [1.807, 2.05) is 72.8 Å². The molecule has 10 heteroatoms. The summed E-state index contributed by atoms with van der Waals surface area (Å²) in [7, 11) is 4.64. The van der Waals surface area contributed by atoms with Crippen LogP contribution in [0.5, 0.6) is 17.6 Å². The average molecular weight is 642 g/mol. The first-order chi connectivity index (χ1) is 24.1.